The molecule has 1 rings (SSSR count). The first-order chi connectivity index (χ1) is 4.36. The SMILES string of the molecule is OCC1CC(CS)CN1. The summed E-state index contributed by atoms with van der Waals surface area (Å²) in [5.41, 5.74) is 0. The fourth-order valence-corrected chi connectivity index (χ4v) is 1.46. The van der Waals surface area contributed by atoms with E-state index in [0.29, 0.717) is 12.0 Å². The zero-order chi connectivity index (χ0) is 6.69. The van der Waals surface area contributed by atoms with Crippen LogP contribution in [-0.4, -0.2) is 30.1 Å². The molecule has 3 heteroatoms. The Morgan fingerprint density at radius 2 is 2.44 bits per heavy atom. The highest BCUT2D eigenvalue weighted by molar-refractivity contribution is 7.80. The number of hydrogen-bond donors (Lipinski definition) is 3. The lowest BCUT2D eigenvalue weighted by atomic mass is 10.1. The quantitative estimate of drug-likeness (QED) is 0.476. The third-order valence-electron chi connectivity index (χ3n) is 1.79. The predicted octanol–water partition coefficient (Wildman–Crippen LogP) is -0.113. The second-order valence-corrected chi connectivity index (χ2v) is 2.94. The Morgan fingerprint density at radius 3 is 2.78 bits per heavy atom. The van der Waals surface area contributed by atoms with E-state index in [4.69, 9.17) is 5.11 Å². The van der Waals surface area contributed by atoms with Gasteiger partial charge < -0.3 is 10.4 Å². The third-order valence-corrected chi connectivity index (χ3v) is 2.31. The number of nitrogens with one attached hydrogen (secondary N) is 1. The number of aliphatic hydroxyl groups is 1. The Balaban J connectivity index is 2.20. The minimum atomic E-state index is 0.268. The summed E-state index contributed by atoms with van der Waals surface area (Å²) in [7, 11) is 0. The van der Waals surface area contributed by atoms with Crippen LogP contribution >= 0.6 is 12.6 Å². The number of rotatable bonds is 2. The van der Waals surface area contributed by atoms with Gasteiger partial charge >= 0.3 is 0 Å². The molecule has 2 atom stereocenters. The molecule has 0 aliphatic carbocycles. The Labute approximate surface area is 61.1 Å². The van der Waals surface area contributed by atoms with Gasteiger partial charge in [0, 0.05) is 6.04 Å². The van der Waals surface area contributed by atoms with E-state index in [2.05, 4.69) is 17.9 Å². The second-order valence-electron chi connectivity index (χ2n) is 2.57. The number of thiol groups is 1. The van der Waals surface area contributed by atoms with Gasteiger partial charge in [0.2, 0.25) is 0 Å². The molecule has 0 amide bonds. The summed E-state index contributed by atoms with van der Waals surface area (Å²) in [4.78, 5) is 0. The van der Waals surface area contributed by atoms with Crippen LogP contribution in [-0.2, 0) is 0 Å². The van der Waals surface area contributed by atoms with Crippen LogP contribution in [0.4, 0.5) is 0 Å². The van der Waals surface area contributed by atoms with Crippen molar-refractivity contribution in [1.29, 1.82) is 0 Å². The molecular weight excluding hydrogens is 134 g/mol. The molecule has 1 fully saturated rings. The summed E-state index contributed by atoms with van der Waals surface area (Å²) >= 11 is 4.17. The molecule has 2 N–H and O–H groups in total. The standard InChI is InChI=1S/C6H13NOS/c8-3-6-1-5(4-9)2-7-6/h5-9H,1-4H2. The van der Waals surface area contributed by atoms with Crippen LogP contribution in [0.5, 0.6) is 0 Å². The highest BCUT2D eigenvalue weighted by atomic mass is 32.1. The monoisotopic (exact) mass is 147 g/mol. The Hall–Kier alpha value is 0.270. The zero-order valence-electron chi connectivity index (χ0n) is 5.38. The van der Waals surface area contributed by atoms with Gasteiger partial charge in [0.1, 0.15) is 0 Å². The number of hydrogen-bond acceptors (Lipinski definition) is 3. The summed E-state index contributed by atoms with van der Waals surface area (Å²) in [5.74, 6) is 1.61. The minimum absolute atomic E-state index is 0.268. The van der Waals surface area contributed by atoms with E-state index in [9.17, 15) is 0 Å². The molecule has 0 aromatic carbocycles. The average molecular weight is 147 g/mol. The first-order valence-electron chi connectivity index (χ1n) is 3.32. The highest BCUT2D eigenvalue weighted by Crippen LogP contribution is 2.13. The van der Waals surface area contributed by atoms with E-state index >= 15 is 0 Å². The molecule has 0 spiro atoms. The minimum Gasteiger partial charge on any atom is -0.395 e. The van der Waals surface area contributed by atoms with E-state index in [-0.39, 0.29) is 6.61 Å². The molecule has 9 heavy (non-hydrogen) atoms. The lowest BCUT2D eigenvalue weighted by Gasteiger charge is -2.03. The van der Waals surface area contributed by atoms with Gasteiger partial charge in [-0.1, -0.05) is 0 Å². The molecule has 0 bridgehead atoms. The van der Waals surface area contributed by atoms with Crippen LogP contribution in [0.3, 0.4) is 0 Å². The van der Waals surface area contributed by atoms with E-state index in [1.807, 2.05) is 0 Å². The molecule has 2 unspecified atom stereocenters. The van der Waals surface area contributed by atoms with Crippen LogP contribution < -0.4 is 5.32 Å². The normalized spacial score (nSPS) is 35.3. The van der Waals surface area contributed by atoms with Crippen molar-refractivity contribution in [2.45, 2.75) is 12.5 Å². The summed E-state index contributed by atoms with van der Waals surface area (Å²) in [6, 6.07) is 0.335. The molecule has 1 aliphatic rings. The lowest BCUT2D eigenvalue weighted by Crippen LogP contribution is -2.24. The fourth-order valence-electron chi connectivity index (χ4n) is 1.18. The molecule has 0 aromatic heterocycles. The van der Waals surface area contributed by atoms with Crippen molar-refractivity contribution in [3.63, 3.8) is 0 Å². The maximum absolute atomic E-state index is 8.69. The largest absolute Gasteiger partial charge is 0.395 e. The summed E-state index contributed by atoms with van der Waals surface area (Å²) in [5, 5.41) is 11.9. The van der Waals surface area contributed by atoms with Crippen molar-refractivity contribution >= 4 is 12.6 Å². The van der Waals surface area contributed by atoms with E-state index in [1.54, 1.807) is 0 Å². The number of aliphatic hydroxyl groups excluding tert-OH is 1. The summed E-state index contributed by atoms with van der Waals surface area (Å²) in [6.07, 6.45) is 1.08. The van der Waals surface area contributed by atoms with Gasteiger partial charge in [-0.25, -0.2) is 0 Å². The van der Waals surface area contributed by atoms with Gasteiger partial charge in [-0.05, 0) is 24.6 Å². The van der Waals surface area contributed by atoms with Crippen molar-refractivity contribution in [1.82, 2.24) is 5.32 Å². The molecular formula is C6H13NOS. The lowest BCUT2D eigenvalue weighted by molar-refractivity contribution is 0.253. The fraction of sp³-hybridized carbons (Fsp3) is 1.00. The smallest absolute Gasteiger partial charge is 0.0584 e. The predicted molar refractivity (Wildman–Crippen MR) is 40.8 cm³/mol. The Bertz CT molecular complexity index is 79.1. The van der Waals surface area contributed by atoms with Crippen molar-refractivity contribution in [2.75, 3.05) is 18.9 Å². The molecule has 54 valence electrons. The summed E-state index contributed by atoms with van der Waals surface area (Å²) in [6.45, 7) is 1.29. The topological polar surface area (TPSA) is 32.3 Å². The van der Waals surface area contributed by atoms with Crippen LogP contribution in [0.15, 0.2) is 0 Å². The van der Waals surface area contributed by atoms with Crippen LogP contribution in [0.1, 0.15) is 6.42 Å². The van der Waals surface area contributed by atoms with Gasteiger partial charge in [0.15, 0.2) is 0 Å². The van der Waals surface area contributed by atoms with E-state index in [0.717, 1.165) is 18.7 Å². The highest BCUT2D eigenvalue weighted by Gasteiger charge is 2.21. The zero-order valence-corrected chi connectivity index (χ0v) is 6.27. The molecule has 1 heterocycles. The third kappa shape index (κ3) is 1.85. The Morgan fingerprint density at radius 1 is 1.67 bits per heavy atom. The summed E-state index contributed by atoms with van der Waals surface area (Å²) < 4.78 is 0. The van der Waals surface area contributed by atoms with Crippen LogP contribution in [0, 0.1) is 5.92 Å². The molecule has 0 aromatic rings. The molecule has 2 nitrogen and oxygen atoms in total. The van der Waals surface area contributed by atoms with Gasteiger partial charge in [0.25, 0.3) is 0 Å². The molecule has 0 radical (unpaired) electrons. The molecule has 1 aliphatic heterocycles. The Kier molecular flexibility index (Phi) is 2.82. The van der Waals surface area contributed by atoms with E-state index in [1.165, 1.54) is 0 Å². The van der Waals surface area contributed by atoms with Crippen molar-refractivity contribution < 1.29 is 5.11 Å². The first kappa shape index (κ1) is 7.38. The maximum Gasteiger partial charge on any atom is 0.0584 e. The maximum atomic E-state index is 8.69. The average Bonchev–Trinajstić information content (AvgIpc) is 2.34. The van der Waals surface area contributed by atoms with Gasteiger partial charge in [-0.15, -0.1) is 0 Å². The molecule has 1 saturated heterocycles. The van der Waals surface area contributed by atoms with Gasteiger partial charge in [-0.2, -0.15) is 12.6 Å². The van der Waals surface area contributed by atoms with Gasteiger partial charge in [0.05, 0.1) is 6.61 Å². The van der Waals surface area contributed by atoms with Crippen LogP contribution in [0.25, 0.3) is 0 Å². The van der Waals surface area contributed by atoms with Crippen molar-refractivity contribution in [3.8, 4) is 0 Å². The van der Waals surface area contributed by atoms with Crippen LogP contribution in [0.2, 0.25) is 0 Å². The first-order valence-corrected chi connectivity index (χ1v) is 3.95. The van der Waals surface area contributed by atoms with Crippen molar-refractivity contribution in [3.05, 3.63) is 0 Å². The van der Waals surface area contributed by atoms with E-state index < -0.39 is 0 Å². The van der Waals surface area contributed by atoms with Gasteiger partial charge in [-0.3, -0.25) is 0 Å². The second kappa shape index (κ2) is 3.44. The molecule has 0 saturated carbocycles. The van der Waals surface area contributed by atoms with Crippen molar-refractivity contribution in [2.24, 2.45) is 5.92 Å².